The number of aryl methyl sites for hydroxylation is 3. The number of Topliss-reactive ketones (excluding diaryl/α,β-unsaturated/α-hetero) is 1. The third kappa shape index (κ3) is 6.33. The summed E-state index contributed by atoms with van der Waals surface area (Å²) in [4.78, 5) is 42.0. The first-order valence-electron chi connectivity index (χ1n) is 19.0. The average molecular weight is 739 g/mol. The molecule has 6 heterocycles. The Bertz CT molecular complexity index is 2400. The molecule has 9 heteroatoms. The Labute approximate surface area is 318 Å². The van der Waals surface area contributed by atoms with Crippen molar-refractivity contribution in [3.05, 3.63) is 124 Å². The van der Waals surface area contributed by atoms with Gasteiger partial charge in [0.05, 0.1) is 11.3 Å². The Balaban J connectivity index is 0.878. The number of rotatable bonds is 8. The highest BCUT2D eigenvalue weighted by molar-refractivity contribution is 7.19. The Morgan fingerprint density at radius 1 is 0.981 bits per heavy atom. The van der Waals surface area contributed by atoms with Crippen molar-refractivity contribution >= 4 is 45.4 Å². The lowest BCUT2D eigenvalue weighted by molar-refractivity contribution is -0.000515. The predicted octanol–water partition coefficient (Wildman–Crippen LogP) is 9.74. The van der Waals surface area contributed by atoms with Gasteiger partial charge in [0.2, 0.25) is 0 Å². The Kier molecular flexibility index (Phi) is 8.94. The summed E-state index contributed by atoms with van der Waals surface area (Å²) in [6.45, 7) is 8.01. The highest BCUT2D eigenvalue weighted by Crippen LogP contribution is 2.46. The normalized spacial score (nSPS) is 16.2. The van der Waals surface area contributed by atoms with Crippen LogP contribution in [-0.4, -0.2) is 54.5 Å². The number of nitrogens with zero attached hydrogens (tertiary/aromatic N) is 3. The van der Waals surface area contributed by atoms with E-state index in [1.54, 1.807) is 22.3 Å². The van der Waals surface area contributed by atoms with Gasteiger partial charge in [0.15, 0.2) is 5.78 Å². The Morgan fingerprint density at radius 2 is 1.80 bits per heavy atom. The van der Waals surface area contributed by atoms with E-state index in [1.165, 1.54) is 23.1 Å². The predicted molar refractivity (Wildman–Crippen MR) is 215 cm³/mol. The van der Waals surface area contributed by atoms with E-state index in [0.717, 1.165) is 94.5 Å². The fraction of sp³-hybridized carbons (Fsp3) is 0.311. The quantitative estimate of drug-likeness (QED) is 0.157. The maximum atomic E-state index is 14.8. The number of ether oxygens (including phenoxy) is 1. The number of pyridine rings is 1. The third-order valence-corrected chi connectivity index (χ3v) is 12.9. The molecule has 2 saturated heterocycles. The van der Waals surface area contributed by atoms with Crippen molar-refractivity contribution in [2.75, 3.05) is 42.6 Å². The maximum Gasteiger partial charge on any atom is 0.258 e. The van der Waals surface area contributed by atoms with Crippen molar-refractivity contribution in [2.45, 2.75) is 52.4 Å². The summed E-state index contributed by atoms with van der Waals surface area (Å²) in [5, 5.41) is 1.18. The minimum Gasteiger partial charge on any atom is -0.381 e. The van der Waals surface area contributed by atoms with Gasteiger partial charge in [0.25, 0.3) is 5.91 Å². The monoisotopic (exact) mass is 738 g/mol. The molecule has 274 valence electrons. The number of aromatic amines is 1. The van der Waals surface area contributed by atoms with Gasteiger partial charge < -0.3 is 19.5 Å². The molecule has 2 fully saturated rings. The van der Waals surface area contributed by atoms with Gasteiger partial charge in [-0.15, -0.1) is 11.3 Å². The van der Waals surface area contributed by atoms with Crippen LogP contribution in [0.2, 0.25) is 0 Å². The molecule has 54 heavy (non-hydrogen) atoms. The summed E-state index contributed by atoms with van der Waals surface area (Å²) >= 11 is 1.69. The number of fused-ring (bicyclic) bond motifs is 4. The molecule has 0 bridgehead atoms. The van der Waals surface area contributed by atoms with Crippen molar-refractivity contribution in [2.24, 2.45) is 5.41 Å². The molecule has 3 aromatic carbocycles. The van der Waals surface area contributed by atoms with Gasteiger partial charge in [-0.2, -0.15) is 0 Å². The van der Waals surface area contributed by atoms with Gasteiger partial charge in [0.1, 0.15) is 11.6 Å². The zero-order chi connectivity index (χ0) is 37.0. The highest BCUT2D eigenvalue weighted by atomic mass is 32.1. The Hall–Kier alpha value is -5.12. The lowest BCUT2D eigenvalue weighted by atomic mass is 9.73. The lowest BCUT2D eigenvalue weighted by Crippen LogP contribution is -2.59. The van der Waals surface area contributed by atoms with Crippen LogP contribution in [0.4, 0.5) is 15.9 Å². The van der Waals surface area contributed by atoms with E-state index in [4.69, 9.17) is 9.72 Å². The first-order valence-corrected chi connectivity index (χ1v) is 19.8. The van der Waals surface area contributed by atoms with Crippen LogP contribution in [-0.2, 0) is 17.6 Å². The van der Waals surface area contributed by atoms with Crippen molar-refractivity contribution in [3.8, 4) is 20.9 Å². The number of hydrogen-bond acceptors (Lipinski definition) is 6. The number of aromatic nitrogens is 2. The molecule has 0 unspecified atom stereocenters. The molecule has 3 aromatic heterocycles. The van der Waals surface area contributed by atoms with E-state index in [1.807, 2.05) is 43.5 Å². The number of ketones is 1. The van der Waals surface area contributed by atoms with Gasteiger partial charge in [0, 0.05) is 94.4 Å². The number of halogens is 1. The number of carbonyl (C=O) groups is 2. The zero-order valence-corrected chi connectivity index (χ0v) is 31.5. The van der Waals surface area contributed by atoms with Gasteiger partial charge >= 0.3 is 0 Å². The zero-order valence-electron chi connectivity index (χ0n) is 30.7. The smallest absolute Gasteiger partial charge is 0.258 e. The molecule has 6 aromatic rings. The highest BCUT2D eigenvalue weighted by Gasteiger charge is 2.45. The summed E-state index contributed by atoms with van der Waals surface area (Å²) < 4.78 is 20.4. The number of H-pyrrole nitrogens is 1. The van der Waals surface area contributed by atoms with Gasteiger partial charge in [-0.05, 0) is 111 Å². The topological polar surface area (TPSA) is 78.5 Å². The SMILES string of the molecule is Cc1cnc(N2CC3(CCOCC3)C2)c(C(=O)CCCc2ccc(C(=O)N3CCc4cc(-c5c[nH]c6c(C)cccc56)sc4-c4ccc(F)cc43)cc2)c1. The molecule has 0 aliphatic carbocycles. The fourth-order valence-corrected chi connectivity index (χ4v) is 9.85. The van der Waals surface area contributed by atoms with Crippen LogP contribution in [0.3, 0.4) is 0 Å². The number of carbonyl (C=O) groups excluding carboxylic acids is 2. The van der Waals surface area contributed by atoms with Crippen molar-refractivity contribution in [1.82, 2.24) is 9.97 Å². The van der Waals surface area contributed by atoms with Crippen molar-refractivity contribution in [3.63, 3.8) is 0 Å². The Morgan fingerprint density at radius 3 is 2.61 bits per heavy atom. The number of para-hydroxylation sites is 1. The van der Waals surface area contributed by atoms with E-state index >= 15 is 0 Å². The molecule has 1 spiro atoms. The lowest BCUT2D eigenvalue weighted by Gasteiger charge is -2.53. The van der Waals surface area contributed by atoms with E-state index in [9.17, 15) is 14.0 Å². The van der Waals surface area contributed by atoms with E-state index in [2.05, 4.69) is 47.3 Å². The largest absolute Gasteiger partial charge is 0.381 e. The minimum absolute atomic E-state index is 0.116. The molecular weight excluding hydrogens is 696 g/mol. The summed E-state index contributed by atoms with van der Waals surface area (Å²) in [7, 11) is 0. The van der Waals surface area contributed by atoms with Crippen LogP contribution in [0.15, 0.2) is 85.2 Å². The molecule has 1 N–H and O–H groups in total. The third-order valence-electron chi connectivity index (χ3n) is 11.6. The summed E-state index contributed by atoms with van der Waals surface area (Å²) in [6.07, 6.45) is 8.56. The number of benzene rings is 3. The first-order chi connectivity index (χ1) is 26.2. The standard InChI is InChI=1S/C45H43FN4O3S/c1-28-21-36(43(48-24-28)49-26-45(27-49)16-19-53-20-17-45)39(51)8-4-6-30-9-11-31(12-10-30)44(52)50-18-15-32-22-40(37-25-47-41-29(2)5-3-7-34(37)41)54-42(32)35-14-13-33(46)23-38(35)50/h3,5,7,9-14,21-25,47H,4,6,8,15-20,26-27H2,1-2H3. The summed E-state index contributed by atoms with van der Waals surface area (Å²) in [5.41, 5.74) is 9.72. The molecule has 1 amide bonds. The van der Waals surface area contributed by atoms with Crippen LogP contribution in [0.5, 0.6) is 0 Å². The molecular formula is C45H43FN4O3S. The number of anilines is 2. The second kappa shape index (κ2) is 13.9. The average Bonchev–Trinajstić information content (AvgIpc) is 3.76. The fourth-order valence-electron chi connectivity index (χ4n) is 8.58. The van der Waals surface area contributed by atoms with Crippen molar-refractivity contribution < 1.29 is 18.7 Å². The molecule has 7 nitrogen and oxygen atoms in total. The van der Waals surface area contributed by atoms with Crippen LogP contribution in [0, 0.1) is 25.1 Å². The summed E-state index contributed by atoms with van der Waals surface area (Å²) in [6, 6.07) is 23.0. The second-order valence-corrected chi connectivity index (χ2v) is 16.4. The molecule has 3 aliphatic rings. The van der Waals surface area contributed by atoms with E-state index in [0.29, 0.717) is 48.0 Å². The molecule has 9 rings (SSSR count). The van der Waals surface area contributed by atoms with Crippen LogP contribution < -0.4 is 9.80 Å². The molecule has 3 aliphatic heterocycles. The van der Waals surface area contributed by atoms with Crippen LogP contribution in [0.1, 0.15) is 68.7 Å². The van der Waals surface area contributed by atoms with E-state index in [-0.39, 0.29) is 17.5 Å². The van der Waals surface area contributed by atoms with Gasteiger partial charge in [-0.1, -0.05) is 30.3 Å². The van der Waals surface area contributed by atoms with Gasteiger partial charge in [-0.3, -0.25) is 9.59 Å². The number of hydrogen-bond donors (Lipinski definition) is 1. The second-order valence-electron chi connectivity index (χ2n) is 15.4. The number of nitrogens with one attached hydrogen (secondary N) is 1. The molecule has 0 atom stereocenters. The van der Waals surface area contributed by atoms with Crippen molar-refractivity contribution in [1.29, 1.82) is 0 Å². The molecule has 0 saturated carbocycles. The van der Waals surface area contributed by atoms with E-state index < -0.39 is 0 Å². The first kappa shape index (κ1) is 34.6. The summed E-state index contributed by atoms with van der Waals surface area (Å²) in [5.74, 6) is 0.398. The number of amides is 1. The number of thiophene rings is 1. The maximum absolute atomic E-state index is 14.8. The van der Waals surface area contributed by atoms with Gasteiger partial charge in [-0.25, -0.2) is 9.37 Å². The molecule has 0 radical (unpaired) electrons. The van der Waals surface area contributed by atoms with Crippen LogP contribution >= 0.6 is 11.3 Å². The minimum atomic E-state index is -0.370. The van der Waals surface area contributed by atoms with Crippen LogP contribution in [0.25, 0.3) is 31.8 Å².